The van der Waals surface area contributed by atoms with Gasteiger partial charge in [-0.05, 0) is 42.2 Å². The van der Waals surface area contributed by atoms with Crippen LogP contribution in [0.25, 0.3) is 11.1 Å². The van der Waals surface area contributed by atoms with Gasteiger partial charge in [-0.2, -0.15) is 0 Å². The van der Waals surface area contributed by atoms with Crippen LogP contribution in [0.15, 0.2) is 73.2 Å². The van der Waals surface area contributed by atoms with Crippen LogP contribution in [0.1, 0.15) is 12.1 Å². The Morgan fingerprint density at radius 3 is 2.38 bits per heavy atom. The van der Waals surface area contributed by atoms with Gasteiger partial charge in [0.2, 0.25) is 0 Å². The first-order chi connectivity index (χ1) is 11.8. The molecule has 0 amide bonds. The molecule has 0 fully saturated rings. The Balaban J connectivity index is 1.48. The summed E-state index contributed by atoms with van der Waals surface area (Å²) < 4.78 is 5.66. The Morgan fingerprint density at radius 2 is 1.67 bits per heavy atom. The molecule has 3 rings (SSSR count). The van der Waals surface area contributed by atoms with E-state index < -0.39 is 6.10 Å². The monoisotopic (exact) mass is 320 g/mol. The molecule has 3 aromatic rings. The fourth-order valence-electron chi connectivity index (χ4n) is 2.43. The van der Waals surface area contributed by atoms with Crippen LogP contribution in [0, 0.1) is 0 Å². The zero-order valence-electron chi connectivity index (χ0n) is 13.4. The molecule has 1 atom stereocenters. The number of aliphatic hydroxyl groups is 1. The first-order valence-electron chi connectivity index (χ1n) is 8.02. The average molecular weight is 320 g/mol. The molecular weight excluding hydrogens is 300 g/mol. The van der Waals surface area contributed by atoms with Crippen molar-refractivity contribution in [2.24, 2.45) is 0 Å². The number of ether oxygens (including phenoxy) is 1. The maximum atomic E-state index is 10.0. The SMILES string of the molecule is OC(CCc1ccncn1)COc1ccc(-c2ccccc2)cc1. The van der Waals surface area contributed by atoms with Crippen molar-refractivity contribution in [1.29, 1.82) is 0 Å². The van der Waals surface area contributed by atoms with E-state index in [4.69, 9.17) is 4.74 Å². The highest BCUT2D eigenvalue weighted by Gasteiger charge is 2.07. The van der Waals surface area contributed by atoms with E-state index in [1.807, 2.05) is 48.5 Å². The van der Waals surface area contributed by atoms with E-state index in [0.717, 1.165) is 17.0 Å². The molecular formula is C20H20N2O2. The van der Waals surface area contributed by atoms with Crippen molar-refractivity contribution in [3.05, 3.63) is 78.9 Å². The summed E-state index contributed by atoms with van der Waals surface area (Å²) >= 11 is 0. The summed E-state index contributed by atoms with van der Waals surface area (Å²) in [6.45, 7) is 0.274. The summed E-state index contributed by atoms with van der Waals surface area (Å²) in [5, 5.41) is 10.0. The van der Waals surface area contributed by atoms with Crippen molar-refractivity contribution in [3.8, 4) is 16.9 Å². The zero-order chi connectivity index (χ0) is 16.6. The number of benzene rings is 2. The molecule has 1 heterocycles. The molecule has 0 radical (unpaired) electrons. The number of rotatable bonds is 7. The Hall–Kier alpha value is -2.72. The quantitative estimate of drug-likeness (QED) is 0.724. The molecule has 122 valence electrons. The van der Waals surface area contributed by atoms with Crippen LogP contribution in [0.3, 0.4) is 0 Å². The van der Waals surface area contributed by atoms with Gasteiger partial charge in [0.05, 0.1) is 6.10 Å². The van der Waals surface area contributed by atoms with E-state index in [-0.39, 0.29) is 6.61 Å². The van der Waals surface area contributed by atoms with Crippen LogP contribution in [-0.2, 0) is 6.42 Å². The van der Waals surface area contributed by atoms with Gasteiger partial charge in [-0.3, -0.25) is 0 Å². The Bertz CT molecular complexity index is 731. The predicted octanol–water partition coefficient (Wildman–Crippen LogP) is 3.52. The Kier molecular flexibility index (Phi) is 5.53. The minimum absolute atomic E-state index is 0.274. The maximum absolute atomic E-state index is 10.0. The highest BCUT2D eigenvalue weighted by Crippen LogP contribution is 2.22. The van der Waals surface area contributed by atoms with Crippen LogP contribution in [0.5, 0.6) is 5.75 Å². The van der Waals surface area contributed by atoms with Crippen molar-refractivity contribution < 1.29 is 9.84 Å². The molecule has 1 unspecified atom stereocenters. The molecule has 0 bridgehead atoms. The first kappa shape index (κ1) is 16.1. The van der Waals surface area contributed by atoms with Crippen molar-refractivity contribution in [3.63, 3.8) is 0 Å². The van der Waals surface area contributed by atoms with Gasteiger partial charge in [-0.25, -0.2) is 9.97 Å². The number of aromatic nitrogens is 2. The number of hydrogen-bond donors (Lipinski definition) is 1. The summed E-state index contributed by atoms with van der Waals surface area (Å²) in [6, 6.07) is 20.0. The molecule has 0 aliphatic heterocycles. The second-order valence-electron chi connectivity index (χ2n) is 5.59. The van der Waals surface area contributed by atoms with Crippen LogP contribution in [0.4, 0.5) is 0 Å². The Morgan fingerprint density at radius 1 is 0.917 bits per heavy atom. The number of nitrogens with zero attached hydrogens (tertiary/aromatic N) is 2. The minimum Gasteiger partial charge on any atom is -0.491 e. The van der Waals surface area contributed by atoms with E-state index in [2.05, 4.69) is 22.1 Å². The van der Waals surface area contributed by atoms with Gasteiger partial charge < -0.3 is 9.84 Å². The fourth-order valence-corrected chi connectivity index (χ4v) is 2.43. The van der Waals surface area contributed by atoms with E-state index in [1.165, 1.54) is 11.9 Å². The molecule has 0 spiro atoms. The third-order valence-corrected chi connectivity index (χ3v) is 3.78. The Labute approximate surface area is 141 Å². The summed E-state index contributed by atoms with van der Waals surface area (Å²) in [5.74, 6) is 0.760. The van der Waals surface area contributed by atoms with E-state index >= 15 is 0 Å². The average Bonchev–Trinajstić information content (AvgIpc) is 2.67. The van der Waals surface area contributed by atoms with E-state index in [9.17, 15) is 5.11 Å². The maximum Gasteiger partial charge on any atom is 0.119 e. The molecule has 2 aromatic carbocycles. The smallest absolute Gasteiger partial charge is 0.119 e. The fraction of sp³-hybridized carbons (Fsp3) is 0.200. The lowest BCUT2D eigenvalue weighted by molar-refractivity contribution is 0.100. The van der Waals surface area contributed by atoms with Crippen LogP contribution in [0.2, 0.25) is 0 Å². The van der Waals surface area contributed by atoms with Crippen molar-refractivity contribution >= 4 is 0 Å². The van der Waals surface area contributed by atoms with E-state index in [0.29, 0.717) is 12.8 Å². The number of hydrogen-bond acceptors (Lipinski definition) is 4. The number of aryl methyl sites for hydroxylation is 1. The summed E-state index contributed by atoms with van der Waals surface area (Å²) in [6.07, 6.45) is 4.03. The van der Waals surface area contributed by atoms with Gasteiger partial charge in [0, 0.05) is 11.9 Å². The molecule has 4 heteroatoms. The third-order valence-electron chi connectivity index (χ3n) is 3.78. The van der Waals surface area contributed by atoms with Crippen LogP contribution in [-0.4, -0.2) is 27.8 Å². The zero-order valence-corrected chi connectivity index (χ0v) is 13.4. The lowest BCUT2D eigenvalue weighted by Crippen LogP contribution is -2.18. The minimum atomic E-state index is -0.520. The summed E-state index contributed by atoms with van der Waals surface area (Å²) in [7, 11) is 0. The largest absolute Gasteiger partial charge is 0.491 e. The van der Waals surface area contributed by atoms with Crippen molar-refractivity contribution in [2.45, 2.75) is 18.9 Å². The highest BCUT2D eigenvalue weighted by atomic mass is 16.5. The summed E-state index contributed by atoms with van der Waals surface area (Å²) in [4.78, 5) is 8.02. The molecule has 0 aliphatic rings. The second kappa shape index (κ2) is 8.22. The molecule has 24 heavy (non-hydrogen) atoms. The van der Waals surface area contributed by atoms with Gasteiger partial charge in [0.1, 0.15) is 18.7 Å². The predicted molar refractivity (Wildman–Crippen MR) is 93.7 cm³/mol. The standard InChI is InChI=1S/C20H20N2O2/c23-19(9-8-18-12-13-21-15-22-18)14-24-20-10-6-17(7-11-20)16-4-2-1-3-5-16/h1-7,10-13,15,19,23H,8-9,14H2. The third kappa shape index (κ3) is 4.64. The van der Waals surface area contributed by atoms with Gasteiger partial charge in [-0.15, -0.1) is 0 Å². The van der Waals surface area contributed by atoms with Gasteiger partial charge in [-0.1, -0.05) is 42.5 Å². The molecule has 1 N–H and O–H groups in total. The topological polar surface area (TPSA) is 55.2 Å². The van der Waals surface area contributed by atoms with Gasteiger partial charge >= 0.3 is 0 Å². The molecule has 0 saturated carbocycles. The summed E-state index contributed by atoms with van der Waals surface area (Å²) in [5.41, 5.74) is 3.25. The van der Waals surface area contributed by atoms with Gasteiger partial charge in [0.15, 0.2) is 0 Å². The molecule has 4 nitrogen and oxygen atoms in total. The van der Waals surface area contributed by atoms with Gasteiger partial charge in [0.25, 0.3) is 0 Å². The highest BCUT2D eigenvalue weighted by molar-refractivity contribution is 5.63. The van der Waals surface area contributed by atoms with Crippen LogP contribution >= 0.6 is 0 Å². The second-order valence-corrected chi connectivity index (χ2v) is 5.59. The van der Waals surface area contributed by atoms with E-state index in [1.54, 1.807) is 6.20 Å². The molecule has 1 aromatic heterocycles. The molecule has 0 saturated heterocycles. The lowest BCUT2D eigenvalue weighted by atomic mass is 10.1. The molecule has 0 aliphatic carbocycles. The lowest BCUT2D eigenvalue weighted by Gasteiger charge is -2.12. The van der Waals surface area contributed by atoms with Crippen LogP contribution < -0.4 is 4.74 Å². The first-order valence-corrected chi connectivity index (χ1v) is 8.02. The van der Waals surface area contributed by atoms with Crippen molar-refractivity contribution in [2.75, 3.05) is 6.61 Å². The number of aliphatic hydroxyl groups excluding tert-OH is 1. The van der Waals surface area contributed by atoms with Crippen molar-refractivity contribution in [1.82, 2.24) is 9.97 Å². The normalized spacial score (nSPS) is 11.9.